The number of benzene rings is 3. The Kier molecular flexibility index (Phi) is 6.50. The molecule has 7 nitrogen and oxygen atoms in total. The molecule has 4 aromatic rings. The molecule has 2 N–H and O–H groups in total. The van der Waals surface area contributed by atoms with Gasteiger partial charge in [0.15, 0.2) is 6.61 Å². The van der Waals surface area contributed by atoms with Crippen LogP contribution in [0.4, 0.5) is 5.69 Å². The van der Waals surface area contributed by atoms with E-state index in [2.05, 4.69) is 10.6 Å². The minimum absolute atomic E-state index is 0.196. The quantitative estimate of drug-likeness (QED) is 0.416. The summed E-state index contributed by atoms with van der Waals surface area (Å²) in [5.74, 6) is -0.344. The number of nitrogens with one attached hydrogen (secondary N) is 2. The Balaban J connectivity index is 1.40. The van der Waals surface area contributed by atoms with Gasteiger partial charge in [0.25, 0.3) is 11.8 Å². The Hall–Kier alpha value is -4.39. The number of para-hydroxylation sites is 1. The van der Waals surface area contributed by atoms with Gasteiger partial charge in [-0.3, -0.25) is 9.59 Å². The monoisotopic (exact) mass is 442 g/mol. The van der Waals surface area contributed by atoms with Crippen LogP contribution >= 0.6 is 0 Å². The van der Waals surface area contributed by atoms with E-state index in [4.69, 9.17) is 9.15 Å². The van der Waals surface area contributed by atoms with E-state index in [1.807, 2.05) is 37.3 Å². The zero-order valence-electron chi connectivity index (χ0n) is 17.9. The largest absolute Gasteiger partial charge is 0.484 e. The molecule has 7 heteroatoms. The molecule has 0 aliphatic heterocycles. The first-order chi connectivity index (χ1) is 16.0. The standard InChI is InChI=1S/C26H22N2O5/c1-17(18-7-3-2-4-8-18)27-26(31)21-9-5-6-10-22(21)28-24(29)16-32-20-13-11-19-12-14-25(30)33-23(19)15-20/h2-15,17H,16H2,1H3,(H,27,31)(H,28,29)/t17-/m0/s1. The van der Waals surface area contributed by atoms with Crippen molar-refractivity contribution >= 4 is 28.5 Å². The van der Waals surface area contributed by atoms with Crippen LogP contribution in [0.1, 0.15) is 28.9 Å². The lowest BCUT2D eigenvalue weighted by Gasteiger charge is -2.16. The Morgan fingerprint density at radius 3 is 2.48 bits per heavy atom. The van der Waals surface area contributed by atoms with Crippen LogP contribution in [0.3, 0.4) is 0 Å². The average molecular weight is 442 g/mol. The molecule has 0 aliphatic carbocycles. The van der Waals surface area contributed by atoms with Crippen molar-refractivity contribution in [1.29, 1.82) is 0 Å². The summed E-state index contributed by atoms with van der Waals surface area (Å²) < 4.78 is 10.7. The summed E-state index contributed by atoms with van der Waals surface area (Å²) in [5.41, 5.74) is 1.62. The third-order valence-electron chi connectivity index (χ3n) is 5.06. The van der Waals surface area contributed by atoms with Crippen molar-refractivity contribution in [3.8, 4) is 5.75 Å². The summed E-state index contributed by atoms with van der Waals surface area (Å²) in [4.78, 5) is 36.7. The third-order valence-corrected chi connectivity index (χ3v) is 5.06. The fourth-order valence-corrected chi connectivity index (χ4v) is 3.36. The van der Waals surface area contributed by atoms with Crippen molar-refractivity contribution in [3.05, 3.63) is 106 Å². The molecule has 1 atom stereocenters. The first-order valence-electron chi connectivity index (χ1n) is 10.4. The highest BCUT2D eigenvalue weighted by Gasteiger charge is 2.16. The van der Waals surface area contributed by atoms with Crippen LogP contribution < -0.4 is 21.0 Å². The van der Waals surface area contributed by atoms with Gasteiger partial charge < -0.3 is 19.8 Å². The number of hydrogen-bond donors (Lipinski definition) is 2. The van der Waals surface area contributed by atoms with E-state index in [9.17, 15) is 14.4 Å². The molecule has 0 radical (unpaired) electrons. The van der Waals surface area contributed by atoms with Gasteiger partial charge in [0.2, 0.25) is 0 Å². The molecule has 0 unspecified atom stereocenters. The normalized spacial score (nSPS) is 11.5. The van der Waals surface area contributed by atoms with Gasteiger partial charge in [0.1, 0.15) is 11.3 Å². The molecule has 0 spiro atoms. The lowest BCUT2D eigenvalue weighted by molar-refractivity contribution is -0.118. The first-order valence-corrected chi connectivity index (χ1v) is 10.4. The van der Waals surface area contributed by atoms with Gasteiger partial charge in [-0.15, -0.1) is 0 Å². The minimum Gasteiger partial charge on any atom is -0.484 e. The molecule has 0 fully saturated rings. The number of carbonyl (C=O) groups excluding carboxylic acids is 2. The van der Waals surface area contributed by atoms with Gasteiger partial charge in [-0.05, 0) is 42.8 Å². The number of fused-ring (bicyclic) bond motifs is 1. The predicted octanol–water partition coefficient (Wildman–Crippen LogP) is 4.30. The molecule has 1 aromatic heterocycles. The van der Waals surface area contributed by atoms with Crippen LogP contribution in [0.15, 0.2) is 94.1 Å². The van der Waals surface area contributed by atoms with E-state index in [0.717, 1.165) is 10.9 Å². The van der Waals surface area contributed by atoms with Crippen molar-refractivity contribution in [2.45, 2.75) is 13.0 Å². The van der Waals surface area contributed by atoms with Crippen LogP contribution in [0.2, 0.25) is 0 Å². The fraction of sp³-hybridized carbons (Fsp3) is 0.115. The van der Waals surface area contributed by atoms with E-state index in [1.54, 1.807) is 48.5 Å². The molecule has 166 valence electrons. The van der Waals surface area contributed by atoms with E-state index >= 15 is 0 Å². The second kappa shape index (κ2) is 9.82. The highest BCUT2D eigenvalue weighted by atomic mass is 16.5. The van der Waals surface area contributed by atoms with Crippen LogP contribution in [-0.2, 0) is 4.79 Å². The van der Waals surface area contributed by atoms with Gasteiger partial charge in [-0.25, -0.2) is 4.79 Å². The maximum absolute atomic E-state index is 12.8. The summed E-state index contributed by atoms with van der Waals surface area (Å²) in [6.07, 6.45) is 0. The topological polar surface area (TPSA) is 97.6 Å². The average Bonchev–Trinajstić information content (AvgIpc) is 2.83. The minimum atomic E-state index is -0.464. The predicted molar refractivity (Wildman–Crippen MR) is 125 cm³/mol. The number of ether oxygens (including phenoxy) is 1. The van der Waals surface area contributed by atoms with E-state index in [-0.39, 0.29) is 18.6 Å². The summed E-state index contributed by atoms with van der Waals surface area (Å²) >= 11 is 0. The fourth-order valence-electron chi connectivity index (χ4n) is 3.36. The SMILES string of the molecule is C[C@H](NC(=O)c1ccccc1NC(=O)COc1ccc2ccc(=O)oc2c1)c1ccccc1. The molecule has 0 aliphatic rings. The van der Waals surface area contributed by atoms with Crippen molar-refractivity contribution in [3.63, 3.8) is 0 Å². The van der Waals surface area contributed by atoms with Crippen LogP contribution in [0, 0.1) is 0 Å². The molecule has 1 heterocycles. The Labute approximate surface area is 190 Å². The Morgan fingerprint density at radius 1 is 0.939 bits per heavy atom. The highest BCUT2D eigenvalue weighted by Crippen LogP contribution is 2.20. The first kappa shape index (κ1) is 21.8. The van der Waals surface area contributed by atoms with Crippen molar-refractivity contribution in [2.75, 3.05) is 11.9 Å². The number of rotatable bonds is 7. The van der Waals surface area contributed by atoms with E-state index in [0.29, 0.717) is 22.6 Å². The number of amides is 2. The second-order valence-corrected chi connectivity index (χ2v) is 7.44. The molecular formula is C26H22N2O5. The van der Waals surface area contributed by atoms with Gasteiger partial charge >= 0.3 is 5.63 Å². The number of anilines is 1. The molecule has 0 bridgehead atoms. The lowest BCUT2D eigenvalue weighted by Crippen LogP contribution is -2.28. The van der Waals surface area contributed by atoms with E-state index < -0.39 is 11.5 Å². The summed E-state index contributed by atoms with van der Waals surface area (Å²) in [7, 11) is 0. The van der Waals surface area contributed by atoms with Crippen LogP contribution in [0.5, 0.6) is 5.75 Å². The molecule has 33 heavy (non-hydrogen) atoms. The molecule has 0 saturated carbocycles. The Morgan fingerprint density at radius 2 is 1.67 bits per heavy atom. The summed E-state index contributed by atoms with van der Waals surface area (Å²) in [5, 5.41) is 6.42. The summed E-state index contributed by atoms with van der Waals surface area (Å²) in [6.45, 7) is 1.62. The highest BCUT2D eigenvalue weighted by molar-refractivity contribution is 6.04. The molecular weight excluding hydrogens is 420 g/mol. The maximum atomic E-state index is 12.8. The van der Waals surface area contributed by atoms with Crippen LogP contribution in [0.25, 0.3) is 11.0 Å². The van der Waals surface area contributed by atoms with Crippen molar-refractivity contribution < 1.29 is 18.7 Å². The second-order valence-electron chi connectivity index (χ2n) is 7.44. The maximum Gasteiger partial charge on any atom is 0.336 e. The Bertz CT molecular complexity index is 1350. The van der Waals surface area contributed by atoms with Gasteiger partial charge in [-0.2, -0.15) is 0 Å². The van der Waals surface area contributed by atoms with Crippen molar-refractivity contribution in [1.82, 2.24) is 5.32 Å². The zero-order chi connectivity index (χ0) is 23.2. The molecule has 0 saturated heterocycles. The number of hydrogen-bond acceptors (Lipinski definition) is 5. The lowest BCUT2D eigenvalue weighted by atomic mass is 10.1. The summed E-state index contributed by atoms with van der Waals surface area (Å²) in [6, 6.07) is 24.2. The third kappa shape index (κ3) is 5.46. The van der Waals surface area contributed by atoms with Gasteiger partial charge in [0, 0.05) is 17.5 Å². The molecule has 2 amide bonds. The van der Waals surface area contributed by atoms with Gasteiger partial charge in [0.05, 0.1) is 17.3 Å². The van der Waals surface area contributed by atoms with Crippen molar-refractivity contribution in [2.24, 2.45) is 0 Å². The van der Waals surface area contributed by atoms with E-state index in [1.165, 1.54) is 6.07 Å². The number of carbonyl (C=O) groups is 2. The zero-order valence-corrected chi connectivity index (χ0v) is 17.9. The molecule has 3 aromatic carbocycles. The molecule has 4 rings (SSSR count). The van der Waals surface area contributed by atoms with Gasteiger partial charge in [-0.1, -0.05) is 42.5 Å². The smallest absolute Gasteiger partial charge is 0.336 e. The van der Waals surface area contributed by atoms with Crippen LogP contribution in [-0.4, -0.2) is 18.4 Å².